The minimum Gasteiger partial charge on any atom is -0.493 e. The van der Waals surface area contributed by atoms with Gasteiger partial charge in [-0.2, -0.15) is 0 Å². The van der Waals surface area contributed by atoms with Crippen molar-refractivity contribution in [2.75, 3.05) is 14.2 Å². The summed E-state index contributed by atoms with van der Waals surface area (Å²) in [5.41, 5.74) is 3.11. The van der Waals surface area contributed by atoms with E-state index in [2.05, 4.69) is 9.97 Å². The fourth-order valence-electron chi connectivity index (χ4n) is 4.71. The van der Waals surface area contributed by atoms with Gasteiger partial charge in [0.25, 0.3) is 5.56 Å². The third kappa shape index (κ3) is 2.48. The topological polar surface area (TPSA) is 106 Å². The number of hydrogen-bond acceptors (Lipinski definition) is 5. The number of fused-ring (bicyclic) bond motifs is 6. The number of pyridine rings is 1. The molecule has 3 aromatic carbocycles. The number of H-pyrrole nitrogens is 2. The molecule has 0 saturated carbocycles. The molecule has 5 aromatic rings. The van der Waals surface area contributed by atoms with Crippen molar-refractivity contribution in [3.63, 3.8) is 0 Å². The summed E-state index contributed by atoms with van der Waals surface area (Å²) in [4.78, 5) is 44.8. The van der Waals surface area contributed by atoms with Crippen LogP contribution in [0.15, 0.2) is 64.2 Å². The Kier molecular flexibility index (Phi) is 3.88. The van der Waals surface area contributed by atoms with E-state index in [9.17, 15) is 14.4 Å². The first kappa shape index (κ1) is 19.1. The molecule has 8 nitrogen and oxygen atoms in total. The zero-order valence-corrected chi connectivity index (χ0v) is 17.7. The number of nitrogens with one attached hydrogen (secondary N) is 2. The van der Waals surface area contributed by atoms with Gasteiger partial charge >= 0.3 is 5.69 Å². The van der Waals surface area contributed by atoms with Crippen LogP contribution in [-0.4, -0.2) is 34.5 Å². The van der Waals surface area contributed by atoms with Crippen LogP contribution in [0.2, 0.25) is 0 Å². The van der Waals surface area contributed by atoms with E-state index in [0.717, 1.165) is 0 Å². The number of imidazole rings is 1. The van der Waals surface area contributed by atoms with Crippen LogP contribution in [0.25, 0.3) is 38.8 Å². The maximum absolute atomic E-state index is 14.0. The molecular formula is C25H17N3O5. The van der Waals surface area contributed by atoms with E-state index in [4.69, 9.17) is 9.47 Å². The second-order valence-electron chi connectivity index (χ2n) is 7.77. The zero-order chi connectivity index (χ0) is 22.9. The van der Waals surface area contributed by atoms with Gasteiger partial charge in [-0.3, -0.25) is 14.2 Å². The summed E-state index contributed by atoms with van der Waals surface area (Å²) in [6, 6.07) is 15.8. The Hall–Kier alpha value is -4.59. The number of methoxy groups -OCH3 is 2. The summed E-state index contributed by atoms with van der Waals surface area (Å²) in [6.07, 6.45) is 0. The van der Waals surface area contributed by atoms with Crippen molar-refractivity contribution in [2.45, 2.75) is 0 Å². The van der Waals surface area contributed by atoms with Crippen molar-refractivity contribution in [3.8, 4) is 28.4 Å². The fourth-order valence-corrected chi connectivity index (χ4v) is 4.71. The zero-order valence-electron chi connectivity index (χ0n) is 17.7. The Labute approximate surface area is 186 Å². The molecule has 0 unspecified atom stereocenters. The number of nitrogens with zero attached hydrogens (tertiary/aromatic N) is 1. The van der Waals surface area contributed by atoms with Crippen LogP contribution < -0.4 is 20.7 Å². The molecule has 6 rings (SSSR count). The summed E-state index contributed by atoms with van der Waals surface area (Å²) in [5.74, 6) is 0.487. The van der Waals surface area contributed by atoms with E-state index < -0.39 is 0 Å². The normalized spacial score (nSPS) is 12.2. The molecule has 0 saturated heterocycles. The van der Waals surface area contributed by atoms with E-state index >= 15 is 0 Å². The molecule has 2 aromatic heterocycles. The van der Waals surface area contributed by atoms with E-state index in [1.54, 1.807) is 42.5 Å². The van der Waals surface area contributed by atoms with Crippen LogP contribution in [0.5, 0.6) is 11.5 Å². The number of carbonyl (C=O) groups excluding carboxylic acids is 1. The Morgan fingerprint density at radius 2 is 1.58 bits per heavy atom. The smallest absolute Gasteiger partial charge is 0.323 e. The van der Waals surface area contributed by atoms with Crippen LogP contribution in [0.1, 0.15) is 15.9 Å². The van der Waals surface area contributed by atoms with Gasteiger partial charge in [-0.25, -0.2) is 4.79 Å². The molecule has 0 bridgehead atoms. The van der Waals surface area contributed by atoms with Crippen LogP contribution in [0, 0.1) is 0 Å². The quantitative estimate of drug-likeness (QED) is 0.440. The molecule has 0 spiro atoms. The van der Waals surface area contributed by atoms with Gasteiger partial charge in [0, 0.05) is 16.5 Å². The predicted molar refractivity (Wildman–Crippen MR) is 124 cm³/mol. The predicted octanol–water partition coefficient (Wildman–Crippen LogP) is 3.39. The summed E-state index contributed by atoms with van der Waals surface area (Å²) < 4.78 is 12.5. The Morgan fingerprint density at radius 3 is 2.33 bits per heavy atom. The maximum Gasteiger partial charge on any atom is 0.323 e. The SMILES string of the molecule is COc1ccc2c3c(n(-c4ccc5[nH]c(=O)[nH]c5c4)c(=O)c2c1OC)-c1ccccc1C3=O. The van der Waals surface area contributed by atoms with Gasteiger partial charge in [-0.05, 0) is 30.3 Å². The molecule has 8 heteroatoms. The fraction of sp³-hybridized carbons (Fsp3) is 0.0800. The molecular weight excluding hydrogens is 422 g/mol. The second-order valence-corrected chi connectivity index (χ2v) is 7.77. The largest absolute Gasteiger partial charge is 0.493 e. The lowest BCUT2D eigenvalue weighted by Gasteiger charge is -2.17. The highest BCUT2D eigenvalue weighted by molar-refractivity contribution is 6.27. The molecule has 162 valence electrons. The lowest BCUT2D eigenvalue weighted by atomic mass is 10.0. The summed E-state index contributed by atoms with van der Waals surface area (Å²) in [7, 11) is 2.95. The third-order valence-electron chi connectivity index (χ3n) is 6.10. The van der Waals surface area contributed by atoms with Crippen molar-refractivity contribution in [2.24, 2.45) is 0 Å². The van der Waals surface area contributed by atoms with Gasteiger partial charge in [-0.1, -0.05) is 24.3 Å². The molecule has 1 aliphatic carbocycles. The van der Waals surface area contributed by atoms with Crippen LogP contribution in [-0.2, 0) is 0 Å². The minimum absolute atomic E-state index is 0.164. The average molecular weight is 439 g/mol. The molecule has 0 amide bonds. The van der Waals surface area contributed by atoms with Gasteiger partial charge < -0.3 is 19.4 Å². The van der Waals surface area contributed by atoms with Crippen molar-refractivity contribution >= 4 is 27.6 Å². The lowest BCUT2D eigenvalue weighted by molar-refractivity contribution is 0.104. The van der Waals surface area contributed by atoms with E-state index in [1.807, 2.05) is 12.1 Å². The van der Waals surface area contributed by atoms with Gasteiger partial charge in [0.1, 0.15) is 0 Å². The lowest BCUT2D eigenvalue weighted by Crippen LogP contribution is -2.22. The first-order valence-electron chi connectivity index (χ1n) is 10.2. The Balaban J connectivity index is 1.84. The van der Waals surface area contributed by atoms with Crippen molar-refractivity contribution in [1.29, 1.82) is 0 Å². The third-order valence-corrected chi connectivity index (χ3v) is 6.10. The highest BCUT2D eigenvalue weighted by Gasteiger charge is 2.34. The molecule has 1 aliphatic rings. The molecule has 0 fully saturated rings. The van der Waals surface area contributed by atoms with Crippen molar-refractivity contribution in [1.82, 2.24) is 14.5 Å². The van der Waals surface area contributed by atoms with Crippen molar-refractivity contribution in [3.05, 3.63) is 86.6 Å². The highest BCUT2D eigenvalue weighted by atomic mass is 16.5. The van der Waals surface area contributed by atoms with E-state index in [0.29, 0.717) is 50.2 Å². The molecule has 0 atom stereocenters. The monoisotopic (exact) mass is 439 g/mol. The van der Waals surface area contributed by atoms with Crippen LogP contribution in [0.3, 0.4) is 0 Å². The average Bonchev–Trinajstić information content (AvgIpc) is 3.35. The number of carbonyl (C=O) groups is 1. The molecule has 0 aliphatic heterocycles. The number of ether oxygens (including phenoxy) is 2. The Morgan fingerprint density at radius 1 is 0.818 bits per heavy atom. The van der Waals surface area contributed by atoms with Crippen molar-refractivity contribution < 1.29 is 14.3 Å². The number of aromatic amines is 2. The maximum atomic E-state index is 14.0. The second kappa shape index (κ2) is 6.70. The molecule has 0 radical (unpaired) electrons. The van der Waals surface area contributed by atoms with Crippen LogP contribution in [0.4, 0.5) is 0 Å². The Bertz CT molecular complexity index is 1760. The number of benzene rings is 3. The number of rotatable bonds is 3. The molecule has 2 heterocycles. The summed E-state index contributed by atoms with van der Waals surface area (Å²) >= 11 is 0. The van der Waals surface area contributed by atoms with E-state index in [1.165, 1.54) is 18.8 Å². The minimum atomic E-state index is -0.360. The standard InChI is InChI=1S/C25H17N3O5/c1-32-18-10-8-15-19-21(13-5-3-4-6-14(13)22(19)29)28(24(30)20(15)23(18)33-2)12-7-9-16-17(11-12)27-25(31)26-16/h3-11H,1-2H3,(H2,26,27,31). The number of ketones is 1. The summed E-state index contributed by atoms with van der Waals surface area (Å²) in [5, 5.41) is 0.751. The highest BCUT2D eigenvalue weighted by Crippen LogP contribution is 2.43. The van der Waals surface area contributed by atoms with Gasteiger partial charge in [0.15, 0.2) is 17.3 Å². The number of aromatic nitrogens is 3. The van der Waals surface area contributed by atoms with Crippen LogP contribution >= 0.6 is 0 Å². The molecule has 33 heavy (non-hydrogen) atoms. The van der Waals surface area contributed by atoms with E-state index in [-0.39, 0.29) is 28.2 Å². The summed E-state index contributed by atoms with van der Waals surface area (Å²) in [6.45, 7) is 0. The first-order chi connectivity index (χ1) is 16.0. The first-order valence-corrected chi connectivity index (χ1v) is 10.2. The molecule has 2 N–H and O–H groups in total. The van der Waals surface area contributed by atoms with Gasteiger partial charge in [0.2, 0.25) is 0 Å². The van der Waals surface area contributed by atoms with Gasteiger partial charge in [0.05, 0.1) is 47.6 Å². The van der Waals surface area contributed by atoms with Gasteiger partial charge in [-0.15, -0.1) is 0 Å². The number of hydrogen-bond donors (Lipinski definition) is 2.